The lowest BCUT2D eigenvalue weighted by atomic mass is 10.1. The highest BCUT2D eigenvalue weighted by Gasteiger charge is 2.19. The van der Waals surface area contributed by atoms with E-state index in [0.29, 0.717) is 13.0 Å². The van der Waals surface area contributed by atoms with Crippen molar-refractivity contribution in [2.75, 3.05) is 20.3 Å². The average Bonchev–Trinajstić information content (AvgIpc) is 2.44. The molecule has 0 aliphatic heterocycles. The third-order valence-electron chi connectivity index (χ3n) is 2.89. The number of methoxy groups -OCH3 is 1. The van der Waals surface area contributed by atoms with Crippen LogP contribution in [0.5, 0.6) is 5.75 Å². The number of benzene rings is 1. The van der Waals surface area contributed by atoms with Crippen LogP contribution in [0.25, 0.3) is 0 Å². The molecule has 1 aromatic carbocycles. The third-order valence-corrected chi connectivity index (χ3v) is 2.89. The van der Waals surface area contributed by atoms with Crippen LogP contribution >= 0.6 is 0 Å². The molecule has 0 fully saturated rings. The number of aliphatic hydroxyl groups is 3. The highest BCUT2D eigenvalue weighted by atomic mass is 16.5. The van der Waals surface area contributed by atoms with Gasteiger partial charge in [-0.1, -0.05) is 12.1 Å². The zero-order valence-corrected chi connectivity index (χ0v) is 11.2. The van der Waals surface area contributed by atoms with Gasteiger partial charge >= 0.3 is 0 Å². The van der Waals surface area contributed by atoms with Gasteiger partial charge in [0, 0.05) is 13.2 Å². The van der Waals surface area contributed by atoms with Crippen LogP contribution in [0.4, 0.5) is 0 Å². The van der Waals surface area contributed by atoms with E-state index in [4.69, 9.17) is 19.7 Å². The predicted octanol–water partition coefficient (Wildman–Crippen LogP) is 0.706. The second kappa shape index (κ2) is 8.87. The van der Waals surface area contributed by atoms with Crippen molar-refractivity contribution in [3.63, 3.8) is 0 Å². The molecule has 0 radical (unpaired) electrons. The summed E-state index contributed by atoms with van der Waals surface area (Å²) in [5.41, 5.74) is 0.958. The fraction of sp³-hybridized carbons (Fsp3) is 0.571. The van der Waals surface area contributed by atoms with Crippen molar-refractivity contribution in [1.29, 1.82) is 0 Å². The summed E-state index contributed by atoms with van der Waals surface area (Å²) in [7, 11) is 1.61. The molecule has 0 bridgehead atoms. The van der Waals surface area contributed by atoms with Gasteiger partial charge in [0.05, 0.1) is 25.9 Å². The summed E-state index contributed by atoms with van der Waals surface area (Å²) < 4.78 is 10.7. The molecule has 0 saturated carbocycles. The Kier molecular flexibility index (Phi) is 7.43. The number of hydrogen-bond donors (Lipinski definition) is 3. The Morgan fingerprint density at radius 1 is 1.05 bits per heavy atom. The average molecular weight is 270 g/mol. The fourth-order valence-corrected chi connectivity index (χ4v) is 1.76. The second-order valence-corrected chi connectivity index (χ2v) is 4.29. The molecular weight excluding hydrogens is 248 g/mol. The lowest BCUT2D eigenvalue weighted by Gasteiger charge is -2.22. The van der Waals surface area contributed by atoms with Crippen LogP contribution in [0.1, 0.15) is 18.4 Å². The Hall–Kier alpha value is -1.14. The highest BCUT2D eigenvalue weighted by molar-refractivity contribution is 5.26. The van der Waals surface area contributed by atoms with E-state index < -0.39 is 12.2 Å². The Labute approximate surface area is 113 Å². The molecule has 0 aliphatic rings. The van der Waals surface area contributed by atoms with Gasteiger partial charge in [-0.3, -0.25) is 0 Å². The second-order valence-electron chi connectivity index (χ2n) is 4.29. The van der Waals surface area contributed by atoms with E-state index in [0.717, 1.165) is 11.3 Å². The molecule has 0 spiro atoms. The van der Waals surface area contributed by atoms with E-state index in [-0.39, 0.29) is 19.6 Å². The maximum Gasteiger partial charge on any atom is 0.118 e. The van der Waals surface area contributed by atoms with Gasteiger partial charge in [0.25, 0.3) is 0 Å². The third kappa shape index (κ3) is 5.57. The number of hydrogen-bond acceptors (Lipinski definition) is 5. The van der Waals surface area contributed by atoms with E-state index in [1.54, 1.807) is 7.11 Å². The van der Waals surface area contributed by atoms with Gasteiger partial charge in [-0.05, 0) is 30.5 Å². The minimum Gasteiger partial charge on any atom is -0.497 e. The van der Waals surface area contributed by atoms with Crippen LogP contribution < -0.4 is 4.74 Å². The van der Waals surface area contributed by atoms with Crippen LogP contribution in [0.3, 0.4) is 0 Å². The predicted molar refractivity (Wildman–Crippen MR) is 71.0 cm³/mol. The Bertz CT molecular complexity index is 338. The summed E-state index contributed by atoms with van der Waals surface area (Å²) in [6.07, 6.45) is -0.653. The SMILES string of the molecule is COc1ccc(CO[C@@H](CCO)[C@@H](O)CCO)cc1. The van der Waals surface area contributed by atoms with Gasteiger partial charge in [-0.15, -0.1) is 0 Å². The Balaban J connectivity index is 2.49. The van der Waals surface area contributed by atoms with Gasteiger partial charge in [0.1, 0.15) is 5.75 Å². The van der Waals surface area contributed by atoms with Crippen LogP contribution in [-0.4, -0.2) is 47.9 Å². The molecule has 0 aliphatic carbocycles. The lowest BCUT2D eigenvalue weighted by Crippen LogP contribution is -2.30. The number of rotatable bonds is 9. The van der Waals surface area contributed by atoms with Crippen molar-refractivity contribution >= 4 is 0 Å². The minimum absolute atomic E-state index is 0.0598. The molecule has 108 valence electrons. The molecule has 1 aromatic rings. The summed E-state index contributed by atoms with van der Waals surface area (Å²) in [4.78, 5) is 0. The normalized spacial score (nSPS) is 14.1. The molecule has 1 rings (SSSR count). The number of aliphatic hydroxyl groups excluding tert-OH is 3. The highest BCUT2D eigenvalue weighted by Crippen LogP contribution is 2.15. The zero-order valence-electron chi connectivity index (χ0n) is 11.2. The maximum atomic E-state index is 9.78. The lowest BCUT2D eigenvalue weighted by molar-refractivity contribution is -0.0626. The molecule has 0 saturated heterocycles. The first-order valence-corrected chi connectivity index (χ1v) is 6.35. The topological polar surface area (TPSA) is 79.2 Å². The van der Waals surface area contributed by atoms with Crippen LogP contribution in [0, 0.1) is 0 Å². The van der Waals surface area contributed by atoms with Crippen LogP contribution in [0.2, 0.25) is 0 Å². The van der Waals surface area contributed by atoms with Crippen molar-refractivity contribution in [3.8, 4) is 5.75 Å². The monoisotopic (exact) mass is 270 g/mol. The van der Waals surface area contributed by atoms with Crippen molar-refractivity contribution in [2.45, 2.75) is 31.7 Å². The summed E-state index contributed by atoms with van der Waals surface area (Å²) in [5.74, 6) is 0.774. The first kappa shape index (κ1) is 15.9. The van der Waals surface area contributed by atoms with E-state index >= 15 is 0 Å². The Morgan fingerprint density at radius 3 is 2.21 bits per heavy atom. The summed E-state index contributed by atoms with van der Waals surface area (Å²) >= 11 is 0. The quantitative estimate of drug-likeness (QED) is 0.616. The molecule has 19 heavy (non-hydrogen) atoms. The van der Waals surface area contributed by atoms with Crippen molar-refractivity contribution < 1.29 is 24.8 Å². The summed E-state index contributed by atoms with van der Waals surface area (Å²) in [6, 6.07) is 7.44. The number of ether oxygens (including phenoxy) is 2. The Morgan fingerprint density at radius 2 is 1.68 bits per heavy atom. The molecule has 0 aromatic heterocycles. The van der Waals surface area contributed by atoms with Gasteiger partial charge in [0.2, 0.25) is 0 Å². The van der Waals surface area contributed by atoms with E-state index in [9.17, 15) is 5.11 Å². The maximum absolute atomic E-state index is 9.78. The molecular formula is C14H22O5. The fourth-order valence-electron chi connectivity index (χ4n) is 1.76. The van der Waals surface area contributed by atoms with E-state index in [1.165, 1.54) is 0 Å². The van der Waals surface area contributed by atoms with Crippen LogP contribution in [-0.2, 0) is 11.3 Å². The first-order chi connectivity index (χ1) is 9.21. The summed E-state index contributed by atoms with van der Waals surface area (Å²) in [5, 5.41) is 27.5. The molecule has 5 nitrogen and oxygen atoms in total. The molecule has 2 atom stereocenters. The molecule has 0 heterocycles. The zero-order chi connectivity index (χ0) is 14.1. The first-order valence-electron chi connectivity index (χ1n) is 6.35. The van der Waals surface area contributed by atoms with Crippen molar-refractivity contribution in [3.05, 3.63) is 29.8 Å². The van der Waals surface area contributed by atoms with Crippen molar-refractivity contribution in [2.24, 2.45) is 0 Å². The van der Waals surface area contributed by atoms with Gasteiger partial charge < -0.3 is 24.8 Å². The van der Waals surface area contributed by atoms with E-state index in [2.05, 4.69) is 0 Å². The smallest absolute Gasteiger partial charge is 0.118 e. The minimum atomic E-state index is -0.768. The van der Waals surface area contributed by atoms with Crippen LogP contribution in [0.15, 0.2) is 24.3 Å². The molecule has 5 heteroatoms. The van der Waals surface area contributed by atoms with Crippen molar-refractivity contribution in [1.82, 2.24) is 0 Å². The molecule has 0 amide bonds. The van der Waals surface area contributed by atoms with E-state index in [1.807, 2.05) is 24.3 Å². The standard InChI is InChI=1S/C14H22O5/c1-18-12-4-2-11(3-5-12)10-19-14(7-9-16)13(17)6-8-15/h2-5,13-17H,6-10H2,1H3/t13-,14-/m0/s1. The molecule has 0 unspecified atom stereocenters. The van der Waals surface area contributed by atoms with Gasteiger partial charge in [-0.2, -0.15) is 0 Å². The van der Waals surface area contributed by atoms with Gasteiger partial charge in [-0.25, -0.2) is 0 Å². The summed E-state index contributed by atoms with van der Waals surface area (Å²) in [6.45, 7) is 0.182. The van der Waals surface area contributed by atoms with Gasteiger partial charge in [0.15, 0.2) is 0 Å². The molecule has 3 N–H and O–H groups in total. The largest absolute Gasteiger partial charge is 0.497 e.